The maximum absolute atomic E-state index is 12.8. The van der Waals surface area contributed by atoms with Gasteiger partial charge in [-0.25, -0.2) is 4.98 Å². The van der Waals surface area contributed by atoms with Crippen LogP contribution < -0.4 is 16.0 Å². The van der Waals surface area contributed by atoms with Crippen molar-refractivity contribution in [1.29, 1.82) is 0 Å². The maximum atomic E-state index is 12.8. The highest BCUT2D eigenvalue weighted by Gasteiger charge is 2.22. The van der Waals surface area contributed by atoms with Crippen molar-refractivity contribution in [3.05, 3.63) is 79.0 Å². The molecule has 170 valence electrons. The largest absolute Gasteiger partial charge is 0.366 e. The summed E-state index contributed by atoms with van der Waals surface area (Å²) in [6.07, 6.45) is 2.43. The zero-order valence-corrected chi connectivity index (χ0v) is 19.6. The van der Waals surface area contributed by atoms with E-state index in [1.165, 1.54) is 20.5 Å². The Hall–Kier alpha value is -3.08. The molecule has 0 spiro atoms. The van der Waals surface area contributed by atoms with E-state index in [0.29, 0.717) is 36.0 Å². The molecule has 0 saturated carbocycles. The zero-order chi connectivity index (χ0) is 22.9. The number of hydrogen-bond donors (Lipinski definition) is 0. The van der Waals surface area contributed by atoms with Crippen molar-refractivity contribution in [1.82, 2.24) is 29.3 Å². The topological polar surface area (TPSA) is 88.6 Å². The standard InChI is InChI=1S/C22H22ClN7O2S/c1-2-18-26-30-19(31)12-15(25-22(30)33-18)14-27-8-10-28(11-9-27)17-13-24-29(21(32)20(17)23)16-6-4-3-5-7-16/h3-7,12-13H,2,8-11,14H2,1H3. The van der Waals surface area contributed by atoms with Crippen LogP contribution in [0.4, 0.5) is 5.69 Å². The normalized spacial score (nSPS) is 14.8. The highest BCUT2D eigenvalue weighted by atomic mass is 35.5. The Morgan fingerprint density at radius 3 is 2.58 bits per heavy atom. The summed E-state index contributed by atoms with van der Waals surface area (Å²) in [7, 11) is 0. The quantitative estimate of drug-likeness (QED) is 0.430. The molecule has 3 aromatic heterocycles. The smallest absolute Gasteiger partial charge is 0.292 e. The minimum Gasteiger partial charge on any atom is -0.366 e. The van der Waals surface area contributed by atoms with Crippen LogP contribution in [0.2, 0.25) is 5.02 Å². The summed E-state index contributed by atoms with van der Waals surface area (Å²) in [5.41, 5.74) is 1.57. The number of fused-ring (bicyclic) bond motifs is 1. The predicted octanol–water partition coefficient (Wildman–Crippen LogP) is 2.23. The molecule has 1 fully saturated rings. The van der Waals surface area contributed by atoms with Crippen LogP contribution in [-0.2, 0) is 13.0 Å². The molecule has 0 amide bonds. The Labute approximate surface area is 198 Å². The minimum atomic E-state index is -0.336. The van der Waals surface area contributed by atoms with E-state index in [1.54, 1.807) is 12.3 Å². The van der Waals surface area contributed by atoms with E-state index in [1.807, 2.05) is 37.3 Å². The Kier molecular flexibility index (Phi) is 5.96. The Bertz CT molecular complexity index is 1410. The molecule has 1 saturated heterocycles. The van der Waals surface area contributed by atoms with Crippen LogP contribution in [0.5, 0.6) is 0 Å². The maximum Gasteiger partial charge on any atom is 0.292 e. The predicted molar refractivity (Wildman–Crippen MR) is 129 cm³/mol. The highest BCUT2D eigenvalue weighted by molar-refractivity contribution is 7.16. The molecule has 0 radical (unpaired) electrons. The molecule has 0 N–H and O–H groups in total. The van der Waals surface area contributed by atoms with Gasteiger partial charge < -0.3 is 4.90 Å². The van der Waals surface area contributed by atoms with Crippen LogP contribution in [0.3, 0.4) is 0 Å². The van der Waals surface area contributed by atoms with Gasteiger partial charge in [0.15, 0.2) is 0 Å². The van der Waals surface area contributed by atoms with Gasteiger partial charge in [0.25, 0.3) is 11.1 Å². The van der Waals surface area contributed by atoms with Gasteiger partial charge in [-0.15, -0.1) is 0 Å². The third-order valence-electron chi connectivity index (χ3n) is 5.64. The van der Waals surface area contributed by atoms with Crippen molar-refractivity contribution in [2.24, 2.45) is 0 Å². The number of anilines is 1. The van der Waals surface area contributed by atoms with Crippen molar-refractivity contribution in [3.63, 3.8) is 0 Å². The van der Waals surface area contributed by atoms with Gasteiger partial charge in [0, 0.05) is 38.8 Å². The highest BCUT2D eigenvalue weighted by Crippen LogP contribution is 2.23. The molecule has 11 heteroatoms. The zero-order valence-electron chi connectivity index (χ0n) is 18.0. The van der Waals surface area contributed by atoms with Crippen molar-refractivity contribution in [2.45, 2.75) is 19.9 Å². The fourth-order valence-electron chi connectivity index (χ4n) is 3.89. The van der Waals surface area contributed by atoms with Gasteiger partial charge in [-0.2, -0.15) is 19.4 Å². The van der Waals surface area contributed by atoms with E-state index in [-0.39, 0.29) is 16.1 Å². The van der Waals surface area contributed by atoms with E-state index in [4.69, 9.17) is 11.6 Å². The molecule has 1 aliphatic heterocycles. The lowest BCUT2D eigenvalue weighted by molar-refractivity contribution is 0.247. The summed E-state index contributed by atoms with van der Waals surface area (Å²) in [6, 6.07) is 10.8. The summed E-state index contributed by atoms with van der Waals surface area (Å²) in [6.45, 7) is 5.48. The second kappa shape index (κ2) is 9.05. The molecular formula is C22H22ClN7O2S. The molecule has 0 atom stereocenters. The minimum absolute atomic E-state index is 0.151. The Morgan fingerprint density at radius 1 is 1.09 bits per heavy atom. The fourth-order valence-corrected chi connectivity index (χ4v) is 5.00. The lowest BCUT2D eigenvalue weighted by atomic mass is 10.2. The SMILES string of the molecule is CCc1nn2c(=O)cc(CN3CCN(c4cnn(-c5ccccc5)c(=O)c4Cl)CC3)nc2s1. The molecule has 33 heavy (non-hydrogen) atoms. The van der Waals surface area contributed by atoms with Crippen molar-refractivity contribution in [2.75, 3.05) is 31.1 Å². The molecule has 0 aliphatic carbocycles. The second-order valence-electron chi connectivity index (χ2n) is 7.79. The van der Waals surface area contributed by atoms with Gasteiger partial charge >= 0.3 is 0 Å². The number of nitrogens with zero attached hydrogens (tertiary/aromatic N) is 7. The summed E-state index contributed by atoms with van der Waals surface area (Å²) in [4.78, 5) is 34.8. The lowest BCUT2D eigenvalue weighted by Gasteiger charge is -2.36. The van der Waals surface area contributed by atoms with Gasteiger partial charge in [-0.1, -0.05) is 48.1 Å². The van der Waals surface area contributed by atoms with E-state index in [2.05, 4.69) is 25.0 Å². The first-order valence-corrected chi connectivity index (χ1v) is 11.9. The first-order chi connectivity index (χ1) is 16.0. The summed E-state index contributed by atoms with van der Waals surface area (Å²) in [5.74, 6) is 0. The number of para-hydroxylation sites is 1. The average molecular weight is 484 g/mol. The van der Waals surface area contributed by atoms with E-state index >= 15 is 0 Å². The van der Waals surface area contributed by atoms with Crippen LogP contribution >= 0.6 is 22.9 Å². The second-order valence-corrected chi connectivity index (χ2v) is 9.21. The first kappa shape index (κ1) is 21.7. The van der Waals surface area contributed by atoms with E-state index in [9.17, 15) is 9.59 Å². The number of aryl methyl sites for hydroxylation is 1. The average Bonchev–Trinajstić information content (AvgIpc) is 3.26. The monoisotopic (exact) mass is 483 g/mol. The third-order valence-corrected chi connectivity index (χ3v) is 7.05. The number of piperazine rings is 1. The summed E-state index contributed by atoms with van der Waals surface area (Å²) in [5, 5.41) is 9.69. The number of hydrogen-bond acceptors (Lipinski definition) is 8. The molecule has 0 bridgehead atoms. The van der Waals surface area contributed by atoms with Gasteiger partial charge in [0.2, 0.25) is 4.96 Å². The van der Waals surface area contributed by atoms with Crippen molar-refractivity contribution < 1.29 is 0 Å². The molecule has 1 aromatic carbocycles. The van der Waals surface area contributed by atoms with E-state index in [0.717, 1.165) is 30.2 Å². The summed E-state index contributed by atoms with van der Waals surface area (Å²) < 4.78 is 2.68. The number of rotatable bonds is 5. The van der Waals surface area contributed by atoms with Crippen LogP contribution in [0.15, 0.2) is 52.2 Å². The van der Waals surface area contributed by atoms with Gasteiger partial charge in [0.1, 0.15) is 10.0 Å². The molecular weight excluding hydrogens is 462 g/mol. The Morgan fingerprint density at radius 2 is 1.85 bits per heavy atom. The van der Waals surface area contributed by atoms with Gasteiger partial charge in [-0.3, -0.25) is 14.5 Å². The lowest BCUT2D eigenvalue weighted by Crippen LogP contribution is -2.46. The molecule has 1 aliphatic rings. The number of aromatic nitrogens is 5. The molecule has 9 nitrogen and oxygen atoms in total. The number of benzene rings is 1. The first-order valence-electron chi connectivity index (χ1n) is 10.7. The van der Waals surface area contributed by atoms with E-state index < -0.39 is 0 Å². The fraction of sp³-hybridized carbons (Fsp3) is 0.318. The van der Waals surface area contributed by atoms with Crippen LogP contribution in [0.25, 0.3) is 10.6 Å². The Balaban J connectivity index is 1.29. The van der Waals surface area contributed by atoms with Crippen LogP contribution in [0.1, 0.15) is 17.6 Å². The molecule has 0 unspecified atom stereocenters. The molecule has 5 rings (SSSR count). The van der Waals surface area contributed by atoms with Crippen LogP contribution in [-0.4, -0.2) is 55.5 Å². The number of halogens is 1. The van der Waals surface area contributed by atoms with Gasteiger partial charge in [0.05, 0.1) is 23.3 Å². The van der Waals surface area contributed by atoms with Gasteiger partial charge in [-0.05, 0) is 18.6 Å². The van der Waals surface area contributed by atoms with Crippen molar-refractivity contribution in [3.8, 4) is 5.69 Å². The van der Waals surface area contributed by atoms with Crippen LogP contribution in [0, 0.1) is 0 Å². The van der Waals surface area contributed by atoms with Crippen molar-refractivity contribution >= 4 is 33.6 Å². The summed E-state index contributed by atoms with van der Waals surface area (Å²) >= 11 is 7.90. The third kappa shape index (κ3) is 4.29. The molecule has 4 heterocycles. The molecule has 4 aromatic rings.